The number of amides is 1. The Morgan fingerprint density at radius 1 is 1.62 bits per heavy atom. The highest BCUT2D eigenvalue weighted by atomic mass is 16.5. The van der Waals surface area contributed by atoms with E-state index in [4.69, 9.17) is 4.74 Å². The smallest absolute Gasteiger partial charge is 0.220 e. The Kier molecular flexibility index (Phi) is 3.61. The normalized spacial score (nSPS) is 33.2. The second kappa shape index (κ2) is 4.97. The minimum Gasteiger partial charge on any atom is -0.386 e. The fourth-order valence-electron chi connectivity index (χ4n) is 2.17. The van der Waals surface area contributed by atoms with Crippen molar-refractivity contribution in [3.8, 4) is 0 Å². The topological polar surface area (TPSA) is 58.6 Å². The average Bonchev–Trinajstić information content (AvgIpc) is 2.88. The Bertz CT molecular complexity index is 282. The lowest BCUT2D eigenvalue weighted by molar-refractivity contribution is -0.123. The van der Waals surface area contributed by atoms with Crippen LogP contribution in [0.15, 0.2) is 12.2 Å². The third-order valence-electron chi connectivity index (χ3n) is 3.26. The third kappa shape index (κ3) is 3.06. The molecule has 0 aromatic heterocycles. The summed E-state index contributed by atoms with van der Waals surface area (Å²) in [5, 5.41) is 12.7. The van der Waals surface area contributed by atoms with Crippen LogP contribution in [0.1, 0.15) is 25.7 Å². The fraction of sp³-hybridized carbons (Fsp3) is 0.750. The summed E-state index contributed by atoms with van der Waals surface area (Å²) in [6, 6.07) is 0. The lowest BCUT2D eigenvalue weighted by atomic mass is 10.0. The number of rotatable bonds is 4. The molecule has 1 aliphatic heterocycles. The van der Waals surface area contributed by atoms with Crippen molar-refractivity contribution in [3.63, 3.8) is 0 Å². The highest BCUT2D eigenvalue weighted by molar-refractivity contribution is 5.76. The van der Waals surface area contributed by atoms with Crippen LogP contribution >= 0.6 is 0 Å². The number of aliphatic hydroxyl groups is 1. The molecule has 2 N–H and O–H groups in total. The Balaban J connectivity index is 1.68. The van der Waals surface area contributed by atoms with Gasteiger partial charge in [-0.2, -0.15) is 0 Å². The molecule has 0 spiro atoms. The van der Waals surface area contributed by atoms with E-state index in [1.165, 1.54) is 0 Å². The number of hydrogen-bond donors (Lipinski definition) is 2. The van der Waals surface area contributed by atoms with Gasteiger partial charge in [0.2, 0.25) is 5.91 Å². The fourth-order valence-corrected chi connectivity index (χ4v) is 2.17. The van der Waals surface area contributed by atoms with E-state index in [0.29, 0.717) is 38.5 Å². The summed E-state index contributed by atoms with van der Waals surface area (Å²) in [6.07, 6.45) is 7.52. The van der Waals surface area contributed by atoms with Crippen molar-refractivity contribution < 1.29 is 14.6 Å². The van der Waals surface area contributed by atoms with E-state index >= 15 is 0 Å². The zero-order valence-corrected chi connectivity index (χ0v) is 9.45. The van der Waals surface area contributed by atoms with E-state index in [2.05, 4.69) is 17.5 Å². The Morgan fingerprint density at radius 3 is 3.12 bits per heavy atom. The van der Waals surface area contributed by atoms with E-state index in [0.717, 1.165) is 12.8 Å². The van der Waals surface area contributed by atoms with E-state index in [9.17, 15) is 9.90 Å². The number of carbonyl (C=O) groups excluding carboxylic acids is 1. The second-order valence-corrected chi connectivity index (χ2v) is 4.77. The van der Waals surface area contributed by atoms with Gasteiger partial charge in [0.25, 0.3) is 0 Å². The zero-order chi connectivity index (χ0) is 11.4. The molecule has 0 bridgehead atoms. The van der Waals surface area contributed by atoms with Crippen LogP contribution in [0.2, 0.25) is 0 Å². The molecule has 1 aliphatic carbocycles. The SMILES string of the molecule is O=C(C[C@H]1C=CCC1)NC[C@@]1(O)CCOC1. The molecule has 0 aromatic rings. The van der Waals surface area contributed by atoms with Crippen molar-refractivity contribution in [2.45, 2.75) is 31.3 Å². The van der Waals surface area contributed by atoms with Gasteiger partial charge in [-0.25, -0.2) is 0 Å². The number of nitrogens with one attached hydrogen (secondary N) is 1. The lowest BCUT2D eigenvalue weighted by Crippen LogP contribution is -2.43. The molecule has 2 aliphatic rings. The van der Waals surface area contributed by atoms with Gasteiger partial charge in [-0.3, -0.25) is 4.79 Å². The summed E-state index contributed by atoms with van der Waals surface area (Å²) >= 11 is 0. The molecule has 1 amide bonds. The van der Waals surface area contributed by atoms with Crippen LogP contribution in [0.3, 0.4) is 0 Å². The van der Waals surface area contributed by atoms with Gasteiger partial charge in [-0.15, -0.1) is 0 Å². The summed E-state index contributed by atoms with van der Waals surface area (Å²) in [6.45, 7) is 1.22. The Hall–Kier alpha value is -0.870. The monoisotopic (exact) mass is 225 g/mol. The van der Waals surface area contributed by atoms with Gasteiger partial charge < -0.3 is 15.2 Å². The average molecular weight is 225 g/mol. The second-order valence-electron chi connectivity index (χ2n) is 4.77. The molecular weight excluding hydrogens is 206 g/mol. The molecule has 0 radical (unpaired) electrons. The first kappa shape index (κ1) is 11.6. The van der Waals surface area contributed by atoms with E-state index in [-0.39, 0.29) is 5.91 Å². The number of hydrogen-bond acceptors (Lipinski definition) is 3. The van der Waals surface area contributed by atoms with Crippen molar-refractivity contribution in [1.82, 2.24) is 5.32 Å². The predicted molar refractivity (Wildman–Crippen MR) is 59.9 cm³/mol. The molecule has 0 unspecified atom stereocenters. The van der Waals surface area contributed by atoms with E-state index in [1.807, 2.05) is 0 Å². The van der Waals surface area contributed by atoms with Crippen LogP contribution in [0.4, 0.5) is 0 Å². The quantitative estimate of drug-likeness (QED) is 0.689. The minimum absolute atomic E-state index is 0.0249. The highest BCUT2D eigenvalue weighted by Gasteiger charge is 2.32. The maximum Gasteiger partial charge on any atom is 0.220 e. The van der Waals surface area contributed by atoms with Gasteiger partial charge in [-0.05, 0) is 18.8 Å². The molecule has 0 saturated carbocycles. The summed E-state index contributed by atoms with van der Waals surface area (Å²) in [5.74, 6) is 0.409. The molecule has 1 fully saturated rings. The van der Waals surface area contributed by atoms with Crippen molar-refractivity contribution >= 4 is 5.91 Å². The highest BCUT2D eigenvalue weighted by Crippen LogP contribution is 2.20. The van der Waals surface area contributed by atoms with Crippen LogP contribution in [0.5, 0.6) is 0 Å². The number of ether oxygens (including phenoxy) is 1. The van der Waals surface area contributed by atoms with Crippen molar-refractivity contribution in [3.05, 3.63) is 12.2 Å². The van der Waals surface area contributed by atoms with Crippen LogP contribution in [0, 0.1) is 5.92 Å². The van der Waals surface area contributed by atoms with Crippen LogP contribution in [-0.4, -0.2) is 36.4 Å². The van der Waals surface area contributed by atoms with Gasteiger partial charge in [0.1, 0.15) is 5.60 Å². The first-order valence-electron chi connectivity index (χ1n) is 5.91. The molecule has 2 rings (SSSR count). The van der Waals surface area contributed by atoms with Crippen LogP contribution in [0.25, 0.3) is 0 Å². The van der Waals surface area contributed by atoms with Crippen molar-refractivity contribution in [2.75, 3.05) is 19.8 Å². The molecule has 0 aromatic carbocycles. The molecule has 4 heteroatoms. The molecular formula is C12H19NO3. The van der Waals surface area contributed by atoms with Crippen molar-refractivity contribution in [1.29, 1.82) is 0 Å². The molecule has 1 saturated heterocycles. The summed E-state index contributed by atoms with van der Waals surface area (Å²) in [4.78, 5) is 11.6. The van der Waals surface area contributed by atoms with Gasteiger partial charge in [0, 0.05) is 26.0 Å². The molecule has 90 valence electrons. The van der Waals surface area contributed by atoms with Gasteiger partial charge in [0.15, 0.2) is 0 Å². The molecule has 1 heterocycles. The van der Waals surface area contributed by atoms with Gasteiger partial charge >= 0.3 is 0 Å². The first-order chi connectivity index (χ1) is 7.68. The van der Waals surface area contributed by atoms with Gasteiger partial charge in [-0.1, -0.05) is 12.2 Å². The zero-order valence-electron chi connectivity index (χ0n) is 9.45. The van der Waals surface area contributed by atoms with Crippen LogP contribution < -0.4 is 5.32 Å². The predicted octanol–water partition coefficient (Wildman–Crippen LogP) is 0.610. The maximum absolute atomic E-state index is 11.6. The van der Waals surface area contributed by atoms with E-state index in [1.54, 1.807) is 0 Å². The summed E-state index contributed by atoms with van der Waals surface area (Å²) < 4.78 is 5.11. The minimum atomic E-state index is -0.846. The van der Waals surface area contributed by atoms with E-state index < -0.39 is 5.60 Å². The largest absolute Gasteiger partial charge is 0.386 e. The number of carbonyl (C=O) groups is 1. The van der Waals surface area contributed by atoms with Crippen LogP contribution in [-0.2, 0) is 9.53 Å². The standard InChI is InChI=1S/C12H19NO3/c14-11(7-10-3-1-2-4-10)13-8-12(15)5-6-16-9-12/h1,3,10,15H,2,4-9H2,(H,13,14)/t10-,12-/m0/s1. The maximum atomic E-state index is 11.6. The molecule has 2 atom stereocenters. The molecule has 16 heavy (non-hydrogen) atoms. The summed E-state index contributed by atoms with van der Waals surface area (Å²) in [5.41, 5.74) is -0.846. The van der Waals surface area contributed by atoms with Gasteiger partial charge in [0.05, 0.1) is 6.61 Å². The molecule has 4 nitrogen and oxygen atoms in total. The Labute approximate surface area is 95.7 Å². The Morgan fingerprint density at radius 2 is 2.50 bits per heavy atom. The summed E-state index contributed by atoms with van der Waals surface area (Å²) in [7, 11) is 0. The third-order valence-corrected chi connectivity index (χ3v) is 3.26. The first-order valence-corrected chi connectivity index (χ1v) is 5.91. The number of allylic oxidation sites excluding steroid dienone is 2. The van der Waals surface area contributed by atoms with Crippen molar-refractivity contribution in [2.24, 2.45) is 5.92 Å². The lowest BCUT2D eigenvalue weighted by Gasteiger charge is -2.21.